The van der Waals surface area contributed by atoms with E-state index >= 15 is 0 Å². The monoisotopic (exact) mass is 147 g/mol. The number of carbonyl (C=O) groups is 1. The van der Waals surface area contributed by atoms with E-state index in [4.69, 9.17) is 4.74 Å². The number of hydrogen-bond acceptors (Lipinski definition) is 3. The van der Waals surface area contributed by atoms with Gasteiger partial charge in [-0.15, -0.1) is 0 Å². The summed E-state index contributed by atoms with van der Waals surface area (Å²) in [6.07, 6.45) is 0.569. The van der Waals surface area contributed by atoms with Crippen molar-refractivity contribution in [3.8, 4) is 0 Å². The summed E-state index contributed by atoms with van der Waals surface area (Å²) in [5.74, 6) is 0.163. The van der Waals surface area contributed by atoms with Crippen LogP contribution in [0.1, 0.15) is 14.8 Å². The first-order chi connectivity index (χ1) is 4.81. The lowest BCUT2D eigenvalue weighted by atomic mass is 10.3. The van der Waals surface area contributed by atoms with E-state index in [1.807, 2.05) is 14.0 Å². The molecule has 3 nitrogen and oxygen atoms in total. The maximum atomic E-state index is 10.6. The largest absolute Gasteiger partial charge is 0.372 e. The highest BCUT2D eigenvalue weighted by atomic mass is 16.5. The second-order valence-electron chi connectivity index (χ2n) is 2.05. The van der Waals surface area contributed by atoms with E-state index in [1.165, 1.54) is 0 Å². The highest BCUT2D eigenvalue weighted by Crippen LogP contribution is 1.81. The highest BCUT2D eigenvalue weighted by Gasteiger charge is 1.95. The summed E-state index contributed by atoms with van der Waals surface area (Å²) in [5, 5.41) is 2.92. The standard InChI is InChI=1S/C7H15NO2.H2/c1-3-7(9)6-10-5-4-8-2;/h8H,3-6H2,1-2H3;1H. The normalized spacial score (nSPS) is 9.80. The zero-order chi connectivity index (χ0) is 7.82. The number of likely N-dealkylation sites (N-methyl/N-ethyl adjacent to an activating group) is 1. The molecule has 0 aliphatic rings. The molecular weight excluding hydrogens is 130 g/mol. The van der Waals surface area contributed by atoms with Gasteiger partial charge in [-0.25, -0.2) is 0 Å². The van der Waals surface area contributed by atoms with Crippen molar-refractivity contribution in [2.75, 3.05) is 26.8 Å². The molecule has 0 atom stereocenters. The molecule has 0 aromatic heterocycles. The fourth-order valence-corrected chi connectivity index (χ4v) is 0.462. The van der Waals surface area contributed by atoms with Gasteiger partial charge in [-0.3, -0.25) is 4.79 Å². The number of carbonyl (C=O) groups excluding carboxylic acids is 1. The summed E-state index contributed by atoms with van der Waals surface area (Å²) in [7, 11) is 1.85. The van der Waals surface area contributed by atoms with Crippen molar-refractivity contribution < 1.29 is 11.0 Å². The molecule has 3 heteroatoms. The summed E-state index contributed by atoms with van der Waals surface area (Å²) in [5.41, 5.74) is 0. The van der Waals surface area contributed by atoms with Crippen LogP contribution >= 0.6 is 0 Å². The van der Waals surface area contributed by atoms with Gasteiger partial charge in [0.25, 0.3) is 0 Å². The van der Waals surface area contributed by atoms with Crippen molar-refractivity contribution in [1.82, 2.24) is 5.32 Å². The van der Waals surface area contributed by atoms with Gasteiger partial charge in [0.1, 0.15) is 6.61 Å². The first-order valence-electron chi connectivity index (χ1n) is 3.55. The van der Waals surface area contributed by atoms with Gasteiger partial charge in [0.05, 0.1) is 6.61 Å². The number of Topliss-reactive ketones (excluding diaryl/α,β-unsaturated/α-hetero) is 1. The molecule has 0 bridgehead atoms. The Labute approximate surface area is 63.2 Å². The molecule has 0 heterocycles. The van der Waals surface area contributed by atoms with Crippen LogP contribution in [0.3, 0.4) is 0 Å². The van der Waals surface area contributed by atoms with E-state index in [1.54, 1.807) is 0 Å². The number of nitrogens with one attached hydrogen (secondary N) is 1. The van der Waals surface area contributed by atoms with Crippen LogP contribution in [-0.4, -0.2) is 32.6 Å². The van der Waals surface area contributed by atoms with E-state index in [2.05, 4.69) is 5.32 Å². The number of hydrogen-bond donors (Lipinski definition) is 1. The van der Waals surface area contributed by atoms with Crippen LogP contribution in [0, 0.1) is 0 Å². The fraction of sp³-hybridized carbons (Fsp3) is 0.857. The van der Waals surface area contributed by atoms with E-state index in [-0.39, 0.29) is 13.8 Å². The van der Waals surface area contributed by atoms with Gasteiger partial charge in [-0.1, -0.05) is 6.92 Å². The topological polar surface area (TPSA) is 38.3 Å². The smallest absolute Gasteiger partial charge is 0.158 e. The molecule has 0 aromatic carbocycles. The average molecular weight is 147 g/mol. The van der Waals surface area contributed by atoms with Crippen molar-refractivity contribution in [3.63, 3.8) is 0 Å². The highest BCUT2D eigenvalue weighted by molar-refractivity contribution is 5.79. The third-order valence-electron chi connectivity index (χ3n) is 1.15. The number of rotatable bonds is 6. The first-order valence-corrected chi connectivity index (χ1v) is 3.55. The minimum absolute atomic E-state index is 0. The van der Waals surface area contributed by atoms with Crippen LogP contribution in [0.5, 0.6) is 0 Å². The van der Waals surface area contributed by atoms with Crippen molar-refractivity contribution in [2.24, 2.45) is 0 Å². The lowest BCUT2D eigenvalue weighted by Gasteiger charge is -2.00. The Balaban J connectivity index is 0. The minimum atomic E-state index is 0. The predicted molar refractivity (Wildman–Crippen MR) is 42.2 cm³/mol. The molecule has 1 N–H and O–H groups in total. The van der Waals surface area contributed by atoms with Crippen molar-refractivity contribution in [3.05, 3.63) is 0 Å². The lowest BCUT2D eigenvalue weighted by Crippen LogP contribution is -2.17. The predicted octanol–water partition coefficient (Wildman–Crippen LogP) is 0.447. The van der Waals surface area contributed by atoms with Crippen LogP contribution < -0.4 is 5.32 Å². The van der Waals surface area contributed by atoms with Crippen LogP contribution in [-0.2, 0) is 9.53 Å². The molecule has 0 saturated heterocycles. The Hall–Kier alpha value is -0.410. The number of ketones is 1. The Morgan fingerprint density at radius 2 is 2.40 bits per heavy atom. The summed E-state index contributed by atoms with van der Waals surface area (Å²) < 4.78 is 5.01. The molecule has 0 aromatic rings. The molecule has 0 radical (unpaired) electrons. The van der Waals surface area contributed by atoms with Gasteiger partial charge < -0.3 is 10.1 Å². The third-order valence-corrected chi connectivity index (χ3v) is 1.15. The maximum absolute atomic E-state index is 10.6. The van der Waals surface area contributed by atoms with Gasteiger partial charge in [0.15, 0.2) is 5.78 Å². The van der Waals surface area contributed by atoms with E-state index in [0.717, 1.165) is 6.54 Å². The van der Waals surface area contributed by atoms with Crippen LogP contribution in [0.25, 0.3) is 0 Å². The lowest BCUT2D eigenvalue weighted by molar-refractivity contribution is -0.123. The molecule has 0 amide bonds. The fourth-order valence-electron chi connectivity index (χ4n) is 0.462. The van der Waals surface area contributed by atoms with Gasteiger partial charge >= 0.3 is 0 Å². The molecule has 10 heavy (non-hydrogen) atoms. The van der Waals surface area contributed by atoms with Gasteiger partial charge in [0.2, 0.25) is 0 Å². The Bertz CT molecular complexity index is 98.4. The molecular formula is C7H17NO2. The Morgan fingerprint density at radius 3 is 2.90 bits per heavy atom. The van der Waals surface area contributed by atoms with E-state index < -0.39 is 0 Å². The molecule has 0 unspecified atom stereocenters. The third kappa shape index (κ3) is 5.72. The second kappa shape index (κ2) is 6.71. The molecule has 0 rings (SSSR count). The maximum Gasteiger partial charge on any atom is 0.158 e. The number of ether oxygens (including phenoxy) is 1. The van der Waals surface area contributed by atoms with Crippen molar-refractivity contribution in [2.45, 2.75) is 13.3 Å². The zero-order valence-electron chi connectivity index (χ0n) is 6.64. The van der Waals surface area contributed by atoms with Crippen LogP contribution in [0.15, 0.2) is 0 Å². The molecule has 0 fully saturated rings. The SMILES string of the molecule is CCC(=O)COCCNC.[HH]. The van der Waals surface area contributed by atoms with Gasteiger partial charge in [0, 0.05) is 14.4 Å². The summed E-state index contributed by atoms with van der Waals surface area (Å²) in [4.78, 5) is 10.6. The van der Waals surface area contributed by atoms with Gasteiger partial charge in [-0.05, 0) is 7.05 Å². The second-order valence-corrected chi connectivity index (χ2v) is 2.05. The first kappa shape index (κ1) is 9.59. The van der Waals surface area contributed by atoms with Crippen LogP contribution in [0.4, 0.5) is 0 Å². The summed E-state index contributed by atoms with van der Waals surface area (Å²) in [6, 6.07) is 0. The van der Waals surface area contributed by atoms with Crippen LogP contribution in [0.2, 0.25) is 0 Å². The van der Waals surface area contributed by atoms with Gasteiger partial charge in [-0.2, -0.15) is 0 Å². The van der Waals surface area contributed by atoms with E-state index in [9.17, 15) is 4.79 Å². The summed E-state index contributed by atoms with van der Waals surface area (Å²) >= 11 is 0. The molecule has 0 aliphatic carbocycles. The Morgan fingerprint density at radius 1 is 1.70 bits per heavy atom. The Kier molecular flexibility index (Phi) is 6.43. The molecule has 0 saturated carbocycles. The minimum Gasteiger partial charge on any atom is -0.372 e. The molecule has 0 aliphatic heterocycles. The molecule has 0 spiro atoms. The average Bonchev–Trinajstić information content (AvgIpc) is 1.98. The van der Waals surface area contributed by atoms with E-state index in [0.29, 0.717) is 13.0 Å². The van der Waals surface area contributed by atoms with Crippen molar-refractivity contribution >= 4 is 5.78 Å². The zero-order valence-corrected chi connectivity index (χ0v) is 6.64. The van der Waals surface area contributed by atoms with Crippen molar-refractivity contribution in [1.29, 1.82) is 0 Å². The summed E-state index contributed by atoms with van der Waals surface area (Å²) in [6.45, 7) is 3.52. The quantitative estimate of drug-likeness (QED) is 0.554. The molecule has 62 valence electrons.